The van der Waals surface area contributed by atoms with Gasteiger partial charge in [0.1, 0.15) is 36.3 Å². The number of aliphatic hydroxyl groups excluding tert-OH is 2. The highest BCUT2D eigenvalue weighted by Crippen LogP contribution is 2.45. The van der Waals surface area contributed by atoms with Crippen LogP contribution >= 0.6 is 0 Å². The number of benzene rings is 5. The van der Waals surface area contributed by atoms with Crippen molar-refractivity contribution in [2.24, 2.45) is 0 Å². The molecular weight excluding hydrogens is 693 g/mol. The first-order valence-electron chi connectivity index (χ1n) is 18.5. The number of methoxy groups -OCH3 is 1. The van der Waals surface area contributed by atoms with Crippen LogP contribution in [0, 0.1) is 0 Å². The Balaban J connectivity index is 1.57. The van der Waals surface area contributed by atoms with Crippen LogP contribution in [-0.4, -0.2) is 65.0 Å². The van der Waals surface area contributed by atoms with Crippen molar-refractivity contribution in [1.29, 1.82) is 0 Å². The molecule has 0 aliphatic carbocycles. The summed E-state index contributed by atoms with van der Waals surface area (Å²) < 4.78 is 27.9. The molecular formula is C45H54O6Si2. The predicted octanol–water partition coefficient (Wildman–Crippen LogP) is 6.38. The molecule has 53 heavy (non-hydrogen) atoms. The van der Waals surface area contributed by atoms with E-state index in [9.17, 15) is 10.2 Å². The van der Waals surface area contributed by atoms with E-state index >= 15 is 0 Å². The topological polar surface area (TPSA) is 77.4 Å². The van der Waals surface area contributed by atoms with Crippen molar-refractivity contribution in [3.8, 4) is 5.75 Å². The average molecular weight is 747 g/mol. The third-order valence-electron chi connectivity index (χ3n) is 10.7. The molecule has 1 heterocycles. The van der Waals surface area contributed by atoms with E-state index in [1.54, 1.807) is 7.11 Å². The minimum Gasteiger partial charge on any atom is -0.497 e. The Hall–Kier alpha value is -3.87. The molecule has 6 nitrogen and oxygen atoms in total. The zero-order valence-electron chi connectivity index (χ0n) is 32.0. The third kappa shape index (κ3) is 7.34. The van der Waals surface area contributed by atoms with Gasteiger partial charge in [0.25, 0.3) is 16.6 Å². The van der Waals surface area contributed by atoms with Crippen LogP contribution in [0.2, 0.25) is 10.1 Å². The largest absolute Gasteiger partial charge is 0.497 e. The number of aliphatic hydroxyl groups is 2. The van der Waals surface area contributed by atoms with Gasteiger partial charge in [-0.2, -0.15) is 0 Å². The van der Waals surface area contributed by atoms with Gasteiger partial charge in [-0.3, -0.25) is 0 Å². The van der Waals surface area contributed by atoms with E-state index in [2.05, 4.69) is 114 Å². The van der Waals surface area contributed by atoms with E-state index in [0.29, 0.717) is 5.75 Å². The van der Waals surface area contributed by atoms with Gasteiger partial charge in [0, 0.05) is 0 Å². The molecule has 5 aromatic rings. The van der Waals surface area contributed by atoms with Crippen LogP contribution in [0.3, 0.4) is 0 Å². The highest BCUT2D eigenvalue weighted by atomic mass is 28.4. The first-order chi connectivity index (χ1) is 25.4. The van der Waals surface area contributed by atoms with E-state index < -0.39 is 47.2 Å². The zero-order valence-corrected chi connectivity index (χ0v) is 34.0. The molecule has 1 aliphatic rings. The molecule has 1 saturated heterocycles. The van der Waals surface area contributed by atoms with E-state index in [-0.39, 0.29) is 16.7 Å². The molecule has 1 fully saturated rings. The fraction of sp³-hybridized carbons (Fsp3) is 0.333. The lowest BCUT2D eigenvalue weighted by atomic mass is 9.91. The second kappa shape index (κ2) is 15.9. The van der Waals surface area contributed by atoms with Gasteiger partial charge in [0.05, 0.1) is 13.7 Å². The minimum atomic E-state index is -3.23. The molecule has 278 valence electrons. The summed E-state index contributed by atoms with van der Waals surface area (Å²) in [5.74, 6) is 0.709. The van der Waals surface area contributed by atoms with Crippen LogP contribution in [0.4, 0.5) is 0 Å². The molecule has 8 heteroatoms. The fourth-order valence-electron chi connectivity index (χ4n) is 8.21. The average Bonchev–Trinajstić information content (AvgIpc) is 3.17. The van der Waals surface area contributed by atoms with Crippen molar-refractivity contribution in [1.82, 2.24) is 0 Å². The zero-order chi connectivity index (χ0) is 37.9. The maximum atomic E-state index is 13.1. The highest BCUT2D eigenvalue weighted by molar-refractivity contribution is 7.00. The van der Waals surface area contributed by atoms with Crippen LogP contribution in [0.5, 0.6) is 5.75 Å². The van der Waals surface area contributed by atoms with E-state index in [4.69, 9.17) is 18.3 Å². The van der Waals surface area contributed by atoms with Crippen LogP contribution in [-0.2, 0) is 13.6 Å². The normalized spacial score (nSPS) is 21.3. The van der Waals surface area contributed by atoms with E-state index in [0.717, 1.165) is 26.3 Å². The molecule has 0 saturated carbocycles. The second-order valence-corrected chi connectivity index (χ2v) is 24.5. The predicted molar refractivity (Wildman–Crippen MR) is 219 cm³/mol. The van der Waals surface area contributed by atoms with Crippen molar-refractivity contribution >= 4 is 37.4 Å². The van der Waals surface area contributed by atoms with Crippen LogP contribution < -0.4 is 25.5 Å². The number of hydrogen-bond donors (Lipinski definition) is 2. The summed E-state index contributed by atoms with van der Waals surface area (Å²) >= 11 is 0. The Bertz CT molecular complexity index is 1800. The number of hydrogen-bond acceptors (Lipinski definition) is 6. The molecule has 0 unspecified atom stereocenters. The lowest BCUT2D eigenvalue weighted by molar-refractivity contribution is -0.222. The highest BCUT2D eigenvalue weighted by Gasteiger charge is 2.59. The van der Waals surface area contributed by atoms with Gasteiger partial charge in [0.2, 0.25) is 0 Å². The summed E-state index contributed by atoms with van der Waals surface area (Å²) in [4.78, 5) is 0. The van der Waals surface area contributed by atoms with Crippen LogP contribution in [0.15, 0.2) is 146 Å². The van der Waals surface area contributed by atoms with Gasteiger partial charge >= 0.3 is 0 Å². The molecule has 0 bridgehead atoms. The van der Waals surface area contributed by atoms with Gasteiger partial charge in [-0.25, -0.2) is 0 Å². The summed E-state index contributed by atoms with van der Waals surface area (Å²) in [5, 5.41) is 27.8. The number of rotatable bonds is 11. The number of ether oxygens (including phenoxy) is 2. The second-order valence-electron chi connectivity index (χ2n) is 16.0. The van der Waals surface area contributed by atoms with Gasteiger partial charge < -0.3 is 28.5 Å². The van der Waals surface area contributed by atoms with Crippen LogP contribution in [0.25, 0.3) is 0 Å². The summed E-state index contributed by atoms with van der Waals surface area (Å²) in [6.07, 6.45) is -4.56. The summed E-state index contributed by atoms with van der Waals surface area (Å²) in [5.41, 5.74) is 0.815. The van der Waals surface area contributed by atoms with Gasteiger partial charge in [-0.05, 0) is 48.5 Å². The van der Waals surface area contributed by atoms with Crippen molar-refractivity contribution < 1.29 is 28.5 Å². The Morgan fingerprint density at radius 3 is 1.23 bits per heavy atom. The first-order valence-corrected chi connectivity index (χ1v) is 22.3. The van der Waals surface area contributed by atoms with E-state index in [1.165, 1.54) is 0 Å². The van der Waals surface area contributed by atoms with E-state index in [1.807, 2.05) is 72.8 Å². The Labute approximate surface area is 317 Å². The Morgan fingerprint density at radius 1 is 0.547 bits per heavy atom. The molecule has 0 aromatic heterocycles. The third-order valence-corrected chi connectivity index (χ3v) is 20.8. The lowest BCUT2D eigenvalue weighted by Gasteiger charge is -2.53. The molecule has 0 radical (unpaired) electrons. The quantitative estimate of drug-likeness (QED) is 0.153. The minimum absolute atomic E-state index is 0.349. The SMILES string of the molecule is COc1ccc([C@@H]2O[C@H](CO)[C@@H](O[Si](c3ccccc3)(c3ccccc3)C(C)(C)C)[C@H](O)[C@H]2O[Si](c2ccccc2)(c2ccccc2)C(C)(C)C)cc1. The fourth-order valence-corrected chi connectivity index (χ4v) is 17.6. The molecule has 6 rings (SSSR count). The molecule has 1 aliphatic heterocycles. The van der Waals surface area contributed by atoms with Crippen molar-refractivity contribution in [3.05, 3.63) is 151 Å². The standard InChI is InChI=1S/C45H54O6Si2/c1-44(2,3)52(35-20-12-8-13-21-35,36-22-14-9-15-23-36)50-42-39(32-46)49-41(33-28-30-34(48-7)31-29-33)43(40(42)47)51-53(45(4,5)6,37-24-16-10-17-25-37)38-26-18-11-19-27-38/h8-31,39-43,46-47H,32H2,1-7H3/t39-,40+,41+,42-,43-/m1/s1. The van der Waals surface area contributed by atoms with Crippen molar-refractivity contribution in [3.63, 3.8) is 0 Å². The molecule has 5 aromatic carbocycles. The maximum Gasteiger partial charge on any atom is 0.261 e. The van der Waals surface area contributed by atoms with Crippen molar-refractivity contribution in [2.75, 3.05) is 13.7 Å². The van der Waals surface area contributed by atoms with Gasteiger partial charge in [0.15, 0.2) is 0 Å². The maximum absolute atomic E-state index is 13.1. The molecule has 0 amide bonds. The van der Waals surface area contributed by atoms with Crippen molar-refractivity contribution in [2.45, 2.75) is 82.1 Å². The Morgan fingerprint density at radius 2 is 0.906 bits per heavy atom. The lowest BCUT2D eigenvalue weighted by Crippen LogP contribution is -2.73. The summed E-state index contributed by atoms with van der Waals surface area (Å²) in [6.45, 7) is 13.0. The first kappa shape index (κ1) is 38.8. The molecule has 2 N–H and O–H groups in total. The van der Waals surface area contributed by atoms with Gasteiger partial charge in [-0.1, -0.05) is 175 Å². The molecule has 5 atom stereocenters. The van der Waals surface area contributed by atoms with Gasteiger partial charge in [-0.15, -0.1) is 0 Å². The monoisotopic (exact) mass is 746 g/mol. The Kier molecular flexibility index (Phi) is 11.6. The smallest absolute Gasteiger partial charge is 0.261 e. The molecule has 0 spiro atoms. The van der Waals surface area contributed by atoms with Crippen LogP contribution in [0.1, 0.15) is 53.2 Å². The summed E-state index contributed by atoms with van der Waals surface area (Å²) in [6, 6.07) is 49.3. The summed E-state index contributed by atoms with van der Waals surface area (Å²) in [7, 11) is -4.80.